The lowest BCUT2D eigenvalue weighted by Gasteiger charge is -2.17. The number of ether oxygens (including phenoxy) is 2. The van der Waals surface area contributed by atoms with Gasteiger partial charge in [0.2, 0.25) is 6.79 Å². The highest BCUT2D eigenvalue weighted by Crippen LogP contribution is 2.06. The Morgan fingerprint density at radius 1 is 0.865 bits per heavy atom. The Morgan fingerprint density at radius 3 is 1.62 bits per heavy atom. The minimum atomic E-state index is -1.05. The Labute approximate surface area is 216 Å². The first-order chi connectivity index (χ1) is 17.6. The molecule has 0 saturated carbocycles. The zero-order valence-electron chi connectivity index (χ0n) is 21.1. The molecule has 200 valence electrons. The van der Waals surface area contributed by atoms with Crippen LogP contribution >= 0.6 is 0 Å². The van der Waals surface area contributed by atoms with Crippen LogP contribution in [0, 0.1) is 10.1 Å². The molecule has 0 aliphatic heterocycles. The van der Waals surface area contributed by atoms with Gasteiger partial charge in [0.15, 0.2) is 0 Å². The van der Waals surface area contributed by atoms with Crippen LogP contribution in [0.3, 0.4) is 0 Å². The quantitative estimate of drug-likeness (QED) is 0.0922. The van der Waals surface area contributed by atoms with Gasteiger partial charge in [0, 0.05) is 0 Å². The molecule has 2 aromatic rings. The molecule has 2 rings (SSSR count). The average molecular weight is 517 g/mol. The van der Waals surface area contributed by atoms with Crippen LogP contribution in [-0.2, 0) is 36.7 Å². The van der Waals surface area contributed by atoms with E-state index in [4.69, 9.17) is 4.74 Å². The van der Waals surface area contributed by atoms with E-state index in [1.807, 2.05) is 60.7 Å². The summed E-state index contributed by atoms with van der Waals surface area (Å²) in [6, 6.07) is 17.4. The number of hydrogen-bond donors (Lipinski definition) is 4. The molecule has 2 unspecified atom stereocenters. The highest BCUT2D eigenvalue weighted by molar-refractivity contribution is 6.46. The van der Waals surface area contributed by atoms with Gasteiger partial charge in [0.1, 0.15) is 12.1 Å². The van der Waals surface area contributed by atoms with Crippen molar-refractivity contribution in [3.63, 3.8) is 0 Å². The zero-order chi connectivity index (χ0) is 27.6. The van der Waals surface area contributed by atoms with Crippen molar-refractivity contribution in [3.05, 3.63) is 81.9 Å². The largest absolute Gasteiger partial charge is 0.465 e. The van der Waals surface area contributed by atoms with Gasteiger partial charge in [-0.1, -0.05) is 60.7 Å². The van der Waals surface area contributed by atoms with Gasteiger partial charge >= 0.3 is 26.0 Å². The summed E-state index contributed by atoms with van der Waals surface area (Å²) in [4.78, 5) is 37.3. The maximum atomic E-state index is 11.8. The average Bonchev–Trinajstić information content (AvgIpc) is 2.84. The third-order valence-corrected chi connectivity index (χ3v) is 4.67. The van der Waals surface area contributed by atoms with Crippen LogP contribution in [0.1, 0.15) is 18.1 Å². The Balaban J connectivity index is 0.000000375. The SMILES string of the molecule is CB(O)NC(Cc1ccccc1)C(=O)OCO[N+](=O)[O-].CCOC(=O)C(Cc1ccccc1)NB(C)O. The summed E-state index contributed by atoms with van der Waals surface area (Å²) < 4.78 is 9.58. The van der Waals surface area contributed by atoms with Crippen molar-refractivity contribution in [2.24, 2.45) is 0 Å². The van der Waals surface area contributed by atoms with E-state index in [9.17, 15) is 29.8 Å². The molecule has 12 nitrogen and oxygen atoms in total. The monoisotopic (exact) mass is 517 g/mol. The Bertz CT molecular complexity index is 938. The molecule has 2 aromatic carbocycles. The maximum Gasteiger partial charge on any atom is 0.374 e. The number of hydrogen-bond acceptors (Lipinski definition) is 11. The second kappa shape index (κ2) is 17.9. The molecule has 14 heteroatoms. The van der Waals surface area contributed by atoms with Gasteiger partial charge in [0.25, 0.3) is 5.09 Å². The van der Waals surface area contributed by atoms with Crippen LogP contribution in [0.25, 0.3) is 0 Å². The molecule has 0 spiro atoms. The van der Waals surface area contributed by atoms with Crippen molar-refractivity contribution >= 4 is 26.0 Å². The Morgan fingerprint density at radius 2 is 1.27 bits per heavy atom. The second-order valence-electron chi connectivity index (χ2n) is 7.86. The molecule has 0 heterocycles. The Hall–Kier alpha value is -3.45. The summed E-state index contributed by atoms with van der Waals surface area (Å²) in [5.41, 5.74) is 1.89. The van der Waals surface area contributed by atoms with Crippen molar-refractivity contribution in [1.29, 1.82) is 0 Å². The summed E-state index contributed by atoms with van der Waals surface area (Å²) in [6.45, 7) is 4.36. The number of benzene rings is 2. The molecule has 0 bridgehead atoms. The molecule has 37 heavy (non-hydrogen) atoms. The van der Waals surface area contributed by atoms with E-state index in [2.05, 4.69) is 20.0 Å². The van der Waals surface area contributed by atoms with Gasteiger partial charge in [-0.3, -0.25) is 14.4 Å². The van der Waals surface area contributed by atoms with E-state index >= 15 is 0 Å². The van der Waals surface area contributed by atoms with E-state index in [-0.39, 0.29) is 12.4 Å². The molecule has 0 amide bonds. The number of carbonyl (C=O) groups excluding carboxylic acids is 2. The molecule has 4 N–H and O–H groups in total. The van der Waals surface area contributed by atoms with Gasteiger partial charge in [0.05, 0.1) is 6.61 Å². The van der Waals surface area contributed by atoms with Crippen molar-refractivity contribution in [2.45, 2.75) is 45.5 Å². The van der Waals surface area contributed by atoms with E-state index < -0.39 is 44.0 Å². The maximum absolute atomic E-state index is 11.8. The van der Waals surface area contributed by atoms with Gasteiger partial charge < -0.3 is 30.0 Å². The first kappa shape index (κ1) is 31.6. The first-order valence-corrected chi connectivity index (χ1v) is 11.7. The molecule has 2 atom stereocenters. The van der Waals surface area contributed by atoms with Crippen LogP contribution in [-0.4, -0.2) is 66.7 Å². The summed E-state index contributed by atoms with van der Waals surface area (Å²) in [5.74, 6) is -1.08. The highest BCUT2D eigenvalue weighted by atomic mass is 17.0. The summed E-state index contributed by atoms with van der Waals surface area (Å²) >= 11 is 0. The van der Waals surface area contributed by atoms with Crippen LogP contribution < -0.4 is 10.5 Å². The normalized spacial score (nSPS) is 11.7. The number of carbonyl (C=O) groups is 2. The molecule has 0 radical (unpaired) electrons. The topological polar surface area (TPSA) is 169 Å². The fourth-order valence-electron chi connectivity index (χ4n) is 3.17. The smallest absolute Gasteiger partial charge is 0.374 e. The fourth-order valence-corrected chi connectivity index (χ4v) is 3.17. The van der Waals surface area contributed by atoms with Crippen molar-refractivity contribution in [1.82, 2.24) is 10.5 Å². The van der Waals surface area contributed by atoms with Gasteiger partial charge in [-0.15, -0.1) is 10.1 Å². The minimum Gasteiger partial charge on any atom is -0.465 e. The van der Waals surface area contributed by atoms with E-state index in [1.165, 1.54) is 6.82 Å². The minimum absolute atomic E-state index is 0.281. The molecule has 0 aromatic heterocycles. The summed E-state index contributed by atoms with van der Waals surface area (Å²) in [7, 11) is -1.67. The van der Waals surface area contributed by atoms with Crippen molar-refractivity contribution < 1.29 is 39.0 Å². The number of rotatable bonds is 14. The standard InChI is InChI=1S/C12H18BNO3.C11H15BN2O6/c1-3-17-12(15)11(14-13(2)16)9-10-7-5-4-6-8-10;1-12(16)13-10(7-9-5-3-2-4-6-9)11(15)19-8-20-14(17)18/h4-8,11,14,16H,3,9H2,1-2H3;2-6,10,13,16H,7-8H2,1H3. The summed E-state index contributed by atoms with van der Waals surface area (Å²) in [6.07, 6.45) is 0.785. The number of nitrogens with one attached hydrogen (secondary N) is 2. The van der Waals surface area contributed by atoms with Gasteiger partial charge in [-0.25, -0.2) is 0 Å². The van der Waals surface area contributed by atoms with E-state index in [0.717, 1.165) is 11.1 Å². The third kappa shape index (κ3) is 14.6. The number of esters is 2. The second-order valence-corrected chi connectivity index (χ2v) is 7.86. The molecule has 0 saturated heterocycles. The van der Waals surface area contributed by atoms with E-state index in [0.29, 0.717) is 13.0 Å². The lowest BCUT2D eigenvalue weighted by molar-refractivity contribution is -0.765. The van der Waals surface area contributed by atoms with Crippen molar-refractivity contribution in [2.75, 3.05) is 13.4 Å². The fraction of sp³-hybridized carbons (Fsp3) is 0.391. The highest BCUT2D eigenvalue weighted by Gasteiger charge is 2.24. The van der Waals surface area contributed by atoms with Gasteiger partial charge in [-0.2, -0.15) is 0 Å². The third-order valence-electron chi connectivity index (χ3n) is 4.67. The van der Waals surface area contributed by atoms with Crippen LogP contribution in [0.4, 0.5) is 0 Å². The molecular formula is C23H33B2N3O9. The molecule has 0 aliphatic carbocycles. The molecule has 0 fully saturated rings. The predicted octanol–water partition coefficient (Wildman–Crippen LogP) is 0.867. The lowest BCUT2D eigenvalue weighted by atomic mass is 9.86. The van der Waals surface area contributed by atoms with Crippen LogP contribution in [0.15, 0.2) is 60.7 Å². The summed E-state index contributed by atoms with van der Waals surface area (Å²) in [5, 5.41) is 32.9. The van der Waals surface area contributed by atoms with Crippen LogP contribution in [0.5, 0.6) is 0 Å². The molecule has 0 aliphatic rings. The zero-order valence-corrected chi connectivity index (χ0v) is 21.1. The van der Waals surface area contributed by atoms with E-state index in [1.54, 1.807) is 13.7 Å². The number of nitrogens with zero attached hydrogens (tertiary/aromatic N) is 1. The Kier molecular flexibility index (Phi) is 15.3. The van der Waals surface area contributed by atoms with Crippen LogP contribution in [0.2, 0.25) is 13.6 Å². The predicted molar refractivity (Wildman–Crippen MR) is 137 cm³/mol. The molecular weight excluding hydrogens is 484 g/mol. The first-order valence-electron chi connectivity index (χ1n) is 11.7. The lowest BCUT2D eigenvalue weighted by Crippen LogP contribution is -2.47. The van der Waals surface area contributed by atoms with Gasteiger partial charge in [-0.05, 0) is 44.5 Å². The van der Waals surface area contributed by atoms with Crippen molar-refractivity contribution in [3.8, 4) is 0 Å².